The summed E-state index contributed by atoms with van der Waals surface area (Å²) in [6, 6.07) is 3.97. The zero-order chi connectivity index (χ0) is 29.8. The SMILES string of the molecule is CCCCCc1cc(OC(=O)N2CCN(C)CC2)c(C/C=C(\C)CCC=C(C)C)c(OC(=O)N2CCN(C)CC2)c1. The van der Waals surface area contributed by atoms with Gasteiger partial charge in [-0.15, -0.1) is 0 Å². The number of benzene rings is 1. The minimum Gasteiger partial charge on any atom is -0.410 e. The third-order valence-electron chi connectivity index (χ3n) is 7.96. The van der Waals surface area contributed by atoms with Crippen molar-refractivity contribution in [3.63, 3.8) is 0 Å². The van der Waals surface area contributed by atoms with Crippen LogP contribution in [-0.4, -0.2) is 98.2 Å². The van der Waals surface area contributed by atoms with Gasteiger partial charge in [0, 0.05) is 57.9 Å². The summed E-state index contributed by atoms with van der Waals surface area (Å²) >= 11 is 0. The zero-order valence-electron chi connectivity index (χ0n) is 26.3. The van der Waals surface area contributed by atoms with E-state index in [0.717, 1.165) is 75.8 Å². The van der Waals surface area contributed by atoms with Crippen molar-refractivity contribution in [2.75, 3.05) is 66.5 Å². The number of hydrogen-bond donors (Lipinski definition) is 0. The Morgan fingerprint density at radius 3 is 1.76 bits per heavy atom. The first-order chi connectivity index (χ1) is 19.7. The number of rotatable bonds is 11. The van der Waals surface area contributed by atoms with Gasteiger partial charge in [0.05, 0.1) is 0 Å². The molecule has 228 valence electrons. The van der Waals surface area contributed by atoms with Crippen LogP contribution in [0, 0.1) is 0 Å². The Labute approximate surface area is 247 Å². The molecule has 1 aromatic rings. The lowest BCUT2D eigenvalue weighted by molar-refractivity contribution is 0.118. The highest BCUT2D eigenvalue weighted by molar-refractivity contribution is 5.74. The fraction of sp³-hybridized carbons (Fsp3) is 0.636. The van der Waals surface area contributed by atoms with E-state index < -0.39 is 0 Å². The molecule has 0 saturated carbocycles. The molecular weight excluding hydrogens is 516 g/mol. The quantitative estimate of drug-likeness (QED) is 0.236. The molecule has 8 nitrogen and oxygen atoms in total. The highest BCUT2D eigenvalue weighted by Gasteiger charge is 2.26. The Morgan fingerprint density at radius 1 is 0.780 bits per heavy atom. The van der Waals surface area contributed by atoms with E-state index >= 15 is 0 Å². The highest BCUT2D eigenvalue weighted by Crippen LogP contribution is 2.34. The Bertz CT molecular complexity index is 1010. The van der Waals surface area contributed by atoms with Crippen molar-refractivity contribution in [1.82, 2.24) is 19.6 Å². The van der Waals surface area contributed by atoms with Gasteiger partial charge >= 0.3 is 12.2 Å². The molecule has 2 aliphatic heterocycles. The van der Waals surface area contributed by atoms with Crippen molar-refractivity contribution in [2.45, 2.75) is 72.6 Å². The van der Waals surface area contributed by atoms with Crippen LogP contribution in [0.5, 0.6) is 11.5 Å². The third kappa shape index (κ3) is 10.8. The number of allylic oxidation sites excluding steroid dienone is 4. The molecule has 0 unspecified atom stereocenters. The third-order valence-corrected chi connectivity index (χ3v) is 7.96. The lowest BCUT2D eigenvalue weighted by atomic mass is 10.00. The van der Waals surface area contributed by atoms with Gasteiger partial charge < -0.3 is 29.1 Å². The van der Waals surface area contributed by atoms with Gasteiger partial charge in [0.2, 0.25) is 0 Å². The summed E-state index contributed by atoms with van der Waals surface area (Å²) in [5.74, 6) is 0.995. The molecule has 0 aliphatic carbocycles. The number of amides is 2. The molecule has 2 fully saturated rings. The number of hydrogen-bond acceptors (Lipinski definition) is 6. The number of aryl methyl sites for hydroxylation is 1. The predicted octanol–water partition coefficient (Wildman–Crippen LogP) is 6.15. The van der Waals surface area contributed by atoms with E-state index in [1.54, 1.807) is 9.80 Å². The van der Waals surface area contributed by atoms with E-state index in [9.17, 15) is 9.59 Å². The van der Waals surface area contributed by atoms with E-state index in [0.29, 0.717) is 44.1 Å². The lowest BCUT2D eigenvalue weighted by Crippen LogP contribution is -2.48. The van der Waals surface area contributed by atoms with Gasteiger partial charge in [-0.1, -0.05) is 43.1 Å². The van der Waals surface area contributed by atoms with Gasteiger partial charge in [-0.25, -0.2) is 9.59 Å². The molecule has 2 heterocycles. The monoisotopic (exact) mass is 568 g/mol. The largest absolute Gasteiger partial charge is 0.415 e. The summed E-state index contributed by atoms with van der Waals surface area (Å²) < 4.78 is 12.2. The minimum absolute atomic E-state index is 0.342. The van der Waals surface area contributed by atoms with Crippen LogP contribution in [0.2, 0.25) is 0 Å². The van der Waals surface area contributed by atoms with Crippen molar-refractivity contribution in [2.24, 2.45) is 0 Å². The average Bonchev–Trinajstić information content (AvgIpc) is 2.93. The van der Waals surface area contributed by atoms with Crippen LogP contribution in [0.15, 0.2) is 35.4 Å². The Kier molecular flexibility index (Phi) is 13.2. The second-order valence-corrected chi connectivity index (χ2v) is 11.9. The van der Waals surface area contributed by atoms with Crippen molar-refractivity contribution >= 4 is 12.2 Å². The number of carbonyl (C=O) groups is 2. The Morgan fingerprint density at radius 2 is 1.29 bits per heavy atom. The van der Waals surface area contributed by atoms with Crippen molar-refractivity contribution in [3.05, 3.63) is 46.6 Å². The number of piperazine rings is 2. The Balaban J connectivity index is 1.92. The smallest absolute Gasteiger partial charge is 0.410 e. The molecule has 2 saturated heterocycles. The van der Waals surface area contributed by atoms with Crippen LogP contribution in [0.25, 0.3) is 0 Å². The topological polar surface area (TPSA) is 65.6 Å². The molecule has 0 bridgehead atoms. The average molecular weight is 569 g/mol. The van der Waals surface area contributed by atoms with Crippen molar-refractivity contribution in [1.29, 1.82) is 0 Å². The van der Waals surface area contributed by atoms with Crippen LogP contribution in [-0.2, 0) is 12.8 Å². The molecule has 0 radical (unpaired) electrons. The van der Waals surface area contributed by atoms with E-state index in [1.165, 1.54) is 11.1 Å². The first-order valence-electron chi connectivity index (χ1n) is 15.4. The summed E-state index contributed by atoms with van der Waals surface area (Å²) in [5, 5.41) is 0. The zero-order valence-corrected chi connectivity index (χ0v) is 26.3. The van der Waals surface area contributed by atoms with Gasteiger partial charge in [0.1, 0.15) is 11.5 Å². The van der Waals surface area contributed by atoms with Crippen LogP contribution in [0.3, 0.4) is 0 Å². The van der Waals surface area contributed by atoms with Gasteiger partial charge in [0.25, 0.3) is 0 Å². The van der Waals surface area contributed by atoms with Gasteiger partial charge in [-0.2, -0.15) is 0 Å². The van der Waals surface area contributed by atoms with E-state index in [2.05, 4.69) is 63.7 Å². The summed E-state index contributed by atoms with van der Waals surface area (Å²) in [6.45, 7) is 14.4. The Hall–Kier alpha value is -2.84. The van der Waals surface area contributed by atoms with E-state index in [4.69, 9.17) is 9.47 Å². The fourth-order valence-electron chi connectivity index (χ4n) is 5.04. The molecule has 3 rings (SSSR count). The number of carbonyl (C=O) groups excluding carboxylic acids is 2. The first-order valence-corrected chi connectivity index (χ1v) is 15.4. The molecule has 2 amide bonds. The van der Waals surface area contributed by atoms with E-state index in [1.807, 2.05) is 12.1 Å². The second-order valence-electron chi connectivity index (χ2n) is 11.9. The van der Waals surface area contributed by atoms with Crippen LogP contribution in [0.4, 0.5) is 9.59 Å². The van der Waals surface area contributed by atoms with Gasteiger partial charge in [-0.3, -0.25) is 0 Å². The summed E-state index contributed by atoms with van der Waals surface area (Å²) in [4.78, 5) is 34.5. The van der Waals surface area contributed by atoms with Crippen molar-refractivity contribution < 1.29 is 19.1 Å². The predicted molar refractivity (Wildman–Crippen MR) is 166 cm³/mol. The molecule has 41 heavy (non-hydrogen) atoms. The van der Waals surface area contributed by atoms with Crippen molar-refractivity contribution in [3.8, 4) is 11.5 Å². The standard InChI is InChI=1S/C33H52N4O4/c1-7-8-9-13-28-24-30(40-32(38)36-20-16-34(5)17-21-36)29(15-14-27(4)12-10-11-26(2)3)31(25-28)41-33(39)37-22-18-35(6)19-23-37/h11,14,24-25H,7-10,12-13,15-23H2,1-6H3/b27-14+. The molecular formula is C33H52N4O4. The molecule has 0 spiro atoms. The molecule has 0 N–H and O–H groups in total. The van der Waals surface area contributed by atoms with Gasteiger partial charge in [-0.05, 0) is 84.7 Å². The lowest BCUT2D eigenvalue weighted by Gasteiger charge is -2.32. The minimum atomic E-state index is -0.342. The van der Waals surface area contributed by atoms with Crippen LogP contribution < -0.4 is 9.47 Å². The molecule has 2 aliphatic rings. The first kappa shape index (κ1) is 32.7. The normalized spacial score (nSPS) is 17.0. The maximum absolute atomic E-state index is 13.3. The summed E-state index contributed by atoms with van der Waals surface area (Å²) in [5.41, 5.74) is 4.33. The maximum Gasteiger partial charge on any atom is 0.415 e. The van der Waals surface area contributed by atoms with Gasteiger partial charge in [0.15, 0.2) is 0 Å². The number of likely N-dealkylation sites (N-methyl/N-ethyl adjacent to an activating group) is 2. The summed E-state index contributed by atoms with van der Waals surface area (Å²) in [7, 11) is 4.13. The van der Waals surface area contributed by atoms with Crippen LogP contribution in [0.1, 0.15) is 70.9 Å². The number of nitrogens with zero attached hydrogens (tertiary/aromatic N) is 4. The maximum atomic E-state index is 13.3. The number of ether oxygens (including phenoxy) is 2. The highest BCUT2D eigenvalue weighted by atomic mass is 16.6. The fourth-order valence-corrected chi connectivity index (χ4v) is 5.04. The summed E-state index contributed by atoms with van der Waals surface area (Å²) in [6.07, 6.45) is 10.3. The van der Waals surface area contributed by atoms with E-state index in [-0.39, 0.29) is 12.2 Å². The molecule has 0 aromatic heterocycles. The number of unbranched alkanes of at least 4 members (excludes halogenated alkanes) is 2. The molecule has 0 atom stereocenters. The molecule has 8 heteroatoms. The second kappa shape index (κ2) is 16.6. The molecule has 1 aromatic carbocycles. The van der Waals surface area contributed by atoms with Crippen LogP contribution >= 0.6 is 0 Å².